The third-order valence-corrected chi connectivity index (χ3v) is 1.97. The Morgan fingerprint density at radius 1 is 1.71 bits per heavy atom. The second kappa shape index (κ2) is 2.11. The molecule has 0 saturated heterocycles. The standard InChI is InChI=1S/C5H8IN/c1-4-2-5(3-4)7-6/h4H,2-3H2,1H3. The van der Waals surface area contributed by atoms with E-state index in [1.165, 1.54) is 18.6 Å². The van der Waals surface area contributed by atoms with Gasteiger partial charge in [-0.05, 0) is 18.8 Å². The molecule has 0 aromatic heterocycles. The molecule has 2 heteroatoms. The summed E-state index contributed by atoms with van der Waals surface area (Å²) in [5.41, 5.74) is 1.38. The molecule has 1 fully saturated rings. The molecule has 1 nitrogen and oxygen atoms in total. The van der Waals surface area contributed by atoms with Gasteiger partial charge < -0.3 is 0 Å². The fourth-order valence-corrected chi connectivity index (χ4v) is 1.21. The minimum absolute atomic E-state index is 0.911. The number of nitrogens with zero attached hydrogens (tertiary/aromatic N) is 1. The zero-order valence-corrected chi connectivity index (χ0v) is 6.47. The third kappa shape index (κ3) is 1.15. The van der Waals surface area contributed by atoms with E-state index < -0.39 is 0 Å². The molecule has 1 saturated carbocycles. The van der Waals surface area contributed by atoms with Gasteiger partial charge in [0, 0.05) is 5.71 Å². The SMILES string of the molecule is CC1CC(=NI)C1. The predicted octanol–water partition coefficient (Wildman–Crippen LogP) is 2.21. The normalized spacial score (nSPS) is 29.4. The maximum absolute atomic E-state index is 4.03. The van der Waals surface area contributed by atoms with E-state index in [1.807, 2.05) is 0 Å². The van der Waals surface area contributed by atoms with Crippen LogP contribution in [-0.4, -0.2) is 5.71 Å². The molecule has 0 bridgehead atoms. The summed E-state index contributed by atoms with van der Waals surface area (Å²) in [7, 11) is 0. The quantitative estimate of drug-likeness (QED) is 0.542. The summed E-state index contributed by atoms with van der Waals surface area (Å²) >= 11 is 2.06. The van der Waals surface area contributed by atoms with Crippen molar-refractivity contribution >= 4 is 28.6 Å². The fourth-order valence-electron chi connectivity index (χ4n) is 0.814. The molecule has 40 valence electrons. The van der Waals surface area contributed by atoms with E-state index in [4.69, 9.17) is 0 Å². The lowest BCUT2D eigenvalue weighted by Crippen LogP contribution is -2.19. The Bertz CT molecular complexity index is 90.3. The van der Waals surface area contributed by atoms with Gasteiger partial charge in [-0.25, -0.2) is 3.21 Å². The van der Waals surface area contributed by atoms with Crippen molar-refractivity contribution in [1.29, 1.82) is 0 Å². The monoisotopic (exact) mass is 209 g/mol. The molecular weight excluding hydrogens is 201 g/mol. The molecule has 0 aromatic carbocycles. The third-order valence-electron chi connectivity index (χ3n) is 1.29. The Labute approximate surface area is 57.7 Å². The first kappa shape index (κ1) is 5.54. The van der Waals surface area contributed by atoms with E-state index in [0.717, 1.165) is 5.92 Å². The minimum atomic E-state index is 0.911. The van der Waals surface area contributed by atoms with Crippen molar-refractivity contribution < 1.29 is 0 Å². The number of hydrogen-bond donors (Lipinski definition) is 0. The molecule has 0 amide bonds. The molecule has 0 N–H and O–H groups in total. The molecule has 1 rings (SSSR count). The van der Waals surface area contributed by atoms with Crippen molar-refractivity contribution in [3.05, 3.63) is 0 Å². The molecule has 1 aliphatic carbocycles. The smallest absolute Gasteiger partial charge is 0.0830 e. The van der Waals surface area contributed by atoms with Crippen LogP contribution in [0.25, 0.3) is 0 Å². The summed E-state index contributed by atoms with van der Waals surface area (Å²) in [5, 5.41) is 0. The predicted molar refractivity (Wildman–Crippen MR) is 39.9 cm³/mol. The second-order valence-electron chi connectivity index (χ2n) is 2.16. The van der Waals surface area contributed by atoms with Crippen LogP contribution in [0, 0.1) is 5.92 Å². The molecule has 0 unspecified atom stereocenters. The lowest BCUT2D eigenvalue weighted by Gasteiger charge is -2.21. The van der Waals surface area contributed by atoms with Crippen LogP contribution in [0.4, 0.5) is 0 Å². The van der Waals surface area contributed by atoms with E-state index in [-0.39, 0.29) is 0 Å². The molecule has 1 aliphatic rings. The summed E-state index contributed by atoms with van der Waals surface area (Å²) in [6.45, 7) is 2.26. The van der Waals surface area contributed by atoms with Crippen LogP contribution in [0.1, 0.15) is 19.8 Å². The van der Waals surface area contributed by atoms with Gasteiger partial charge in [-0.15, -0.1) is 0 Å². The Balaban J connectivity index is 2.30. The highest BCUT2D eigenvalue weighted by Crippen LogP contribution is 2.23. The lowest BCUT2D eigenvalue weighted by atomic mass is 9.85. The first-order valence-corrected chi connectivity index (χ1v) is 3.46. The number of rotatable bonds is 0. The summed E-state index contributed by atoms with van der Waals surface area (Å²) in [6.07, 6.45) is 2.48. The van der Waals surface area contributed by atoms with Crippen molar-refractivity contribution in [3.63, 3.8) is 0 Å². The molecule has 0 spiro atoms. The van der Waals surface area contributed by atoms with Gasteiger partial charge in [0.2, 0.25) is 0 Å². The molecular formula is C5H8IN. The largest absolute Gasteiger partial charge is 0.224 e. The maximum Gasteiger partial charge on any atom is 0.0830 e. The maximum atomic E-state index is 4.03. The molecule has 7 heavy (non-hydrogen) atoms. The average Bonchev–Trinajstić information content (AvgIpc) is 1.58. The van der Waals surface area contributed by atoms with Gasteiger partial charge in [0.05, 0.1) is 22.9 Å². The van der Waals surface area contributed by atoms with Crippen molar-refractivity contribution in [2.45, 2.75) is 19.8 Å². The molecule has 0 radical (unpaired) electrons. The van der Waals surface area contributed by atoms with Crippen LogP contribution in [0.3, 0.4) is 0 Å². The van der Waals surface area contributed by atoms with E-state index in [0.29, 0.717) is 0 Å². The molecule has 0 aliphatic heterocycles. The van der Waals surface area contributed by atoms with E-state index in [1.54, 1.807) is 0 Å². The van der Waals surface area contributed by atoms with E-state index in [2.05, 4.69) is 33.0 Å². The minimum Gasteiger partial charge on any atom is -0.224 e. The Hall–Kier alpha value is 0.400. The Morgan fingerprint density at radius 2 is 2.29 bits per heavy atom. The van der Waals surface area contributed by atoms with E-state index in [9.17, 15) is 0 Å². The lowest BCUT2D eigenvalue weighted by molar-refractivity contribution is 0.558. The first-order valence-electron chi connectivity index (χ1n) is 2.49. The molecule has 0 heterocycles. The fraction of sp³-hybridized carbons (Fsp3) is 0.800. The molecule has 0 aromatic rings. The van der Waals surface area contributed by atoms with Gasteiger partial charge in [0.15, 0.2) is 0 Å². The molecule has 0 atom stereocenters. The van der Waals surface area contributed by atoms with Gasteiger partial charge in [0.1, 0.15) is 0 Å². The van der Waals surface area contributed by atoms with Crippen molar-refractivity contribution in [2.75, 3.05) is 0 Å². The van der Waals surface area contributed by atoms with E-state index >= 15 is 0 Å². The van der Waals surface area contributed by atoms with Crippen molar-refractivity contribution in [2.24, 2.45) is 9.12 Å². The first-order chi connectivity index (χ1) is 3.33. The van der Waals surface area contributed by atoms with Gasteiger partial charge in [-0.2, -0.15) is 0 Å². The Kier molecular flexibility index (Phi) is 1.67. The summed E-state index contributed by atoms with van der Waals surface area (Å²) in [5.74, 6) is 0.911. The Morgan fingerprint density at radius 3 is 2.43 bits per heavy atom. The number of halogens is 1. The van der Waals surface area contributed by atoms with Crippen LogP contribution in [-0.2, 0) is 0 Å². The van der Waals surface area contributed by atoms with Crippen LogP contribution < -0.4 is 0 Å². The van der Waals surface area contributed by atoms with Gasteiger partial charge in [-0.3, -0.25) is 0 Å². The highest BCUT2D eigenvalue weighted by molar-refractivity contribution is 14.1. The zero-order chi connectivity index (χ0) is 5.28. The average molecular weight is 209 g/mol. The highest BCUT2D eigenvalue weighted by atomic mass is 127. The van der Waals surface area contributed by atoms with Gasteiger partial charge in [-0.1, -0.05) is 6.92 Å². The van der Waals surface area contributed by atoms with Crippen molar-refractivity contribution in [1.82, 2.24) is 0 Å². The zero-order valence-electron chi connectivity index (χ0n) is 4.32. The van der Waals surface area contributed by atoms with Crippen molar-refractivity contribution in [3.8, 4) is 0 Å². The van der Waals surface area contributed by atoms with Crippen LogP contribution >= 0.6 is 22.9 Å². The van der Waals surface area contributed by atoms with Crippen LogP contribution in [0.2, 0.25) is 0 Å². The summed E-state index contributed by atoms with van der Waals surface area (Å²) in [4.78, 5) is 0. The van der Waals surface area contributed by atoms with Gasteiger partial charge in [0.25, 0.3) is 0 Å². The highest BCUT2D eigenvalue weighted by Gasteiger charge is 2.18. The summed E-state index contributed by atoms with van der Waals surface area (Å²) < 4.78 is 4.03. The topological polar surface area (TPSA) is 12.4 Å². The number of hydrogen-bond acceptors (Lipinski definition) is 1. The van der Waals surface area contributed by atoms with Gasteiger partial charge >= 0.3 is 0 Å². The van der Waals surface area contributed by atoms with Crippen LogP contribution in [0.15, 0.2) is 3.21 Å². The summed E-state index contributed by atoms with van der Waals surface area (Å²) in [6, 6.07) is 0. The second-order valence-corrected chi connectivity index (χ2v) is 2.65. The van der Waals surface area contributed by atoms with Crippen LogP contribution in [0.5, 0.6) is 0 Å².